The van der Waals surface area contributed by atoms with Gasteiger partial charge in [0.05, 0.1) is 17.1 Å². The van der Waals surface area contributed by atoms with Crippen molar-refractivity contribution in [3.8, 4) is 0 Å². The van der Waals surface area contributed by atoms with E-state index in [4.69, 9.17) is 4.74 Å². The Morgan fingerprint density at radius 1 is 1.15 bits per heavy atom. The molecule has 1 aliphatic heterocycles. The molecule has 1 fully saturated rings. The molecule has 33 heavy (non-hydrogen) atoms. The maximum atomic E-state index is 13.1. The average Bonchev–Trinajstić information content (AvgIpc) is 3.21. The van der Waals surface area contributed by atoms with E-state index in [1.165, 1.54) is 38.9 Å². The summed E-state index contributed by atoms with van der Waals surface area (Å²) in [6.45, 7) is 6.32. The zero-order valence-electron chi connectivity index (χ0n) is 18.8. The second kappa shape index (κ2) is 9.72. The molecule has 4 rings (SSSR count). The zero-order chi connectivity index (χ0) is 23.6. The van der Waals surface area contributed by atoms with Crippen LogP contribution in [0.1, 0.15) is 40.2 Å². The number of hydrogen-bond donors (Lipinski definition) is 1. The van der Waals surface area contributed by atoms with Crippen molar-refractivity contribution < 1.29 is 17.9 Å². The Bertz CT molecular complexity index is 1230. The molecule has 1 N–H and O–H groups in total. The number of sulfonamides is 1. The fourth-order valence-electron chi connectivity index (χ4n) is 3.80. The van der Waals surface area contributed by atoms with E-state index in [-0.39, 0.29) is 35.8 Å². The van der Waals surface area contributed by atoms with E-state index in [1.54, 1.807) is 18.3 Å². The molecule has 1 aliphatic rings. The van der Waals surface area contributed by atoms with Gasteiger partial charge in [-0.2, -0.15) is 4.31 Å². The normalized spacial score (nSPS) is 19.4. The molecule has 1 saturated heterocycles. The summed E-state index contributed by atoms with van der Waals surface area (Å²) in [4.78, 5) is 18.2. The third-order valence-electron chi connectivity index (χ3n) is 5.39. The van der Waals surface area contributed by atoms with E-state index in [2.05, 4.69) is 34.6 Å². The van der Waals surface area contributed by atoms with Gasteiger partial charge in [0, 0.05) is 36.1 Å². The topological polar surface area (TPSA) is 88.6 Å². The van der Waals surface area contributed by atoms with Gasteiger partial charge in [-0.3, -0.25) is 10.1 Å². The molecule has 9 heteroatoms. The maximum absolute atomic E-state index is 13.1. The van der Waals surface area contributed by atoms with Gasteiger partial charge in [-0.05, 0) is 44.5 Å². The van der Waals surface area contributed by atoms with E-state index in [0.29, 0.717) is 5.13 Å². The number of nitrogens with one attached hydrogen (secondary N) is 1. The first-order valence-corrected chi connectivity index (χ1v) is 13.0. The van der Waals surface area contributed by atoms with Crippen LogP contribution in [0.3, 0.4) is 0 Å². The number of benzene rings is 2. The molecule has 3 aromatic rings. The number of aryl methyl sites for hydroxylation is 1. The summed E-state index contributed by atoms with van der Waals surface area (Å²) >= 11 is 1.40. The molecule has 0 bridgehead atoms. The number of rotatable bonds is 6. The molecule has 1 amide bonds. The van der Waals surface area contributed by atoms with Crippen LogP contribution < -0.4 is 5.32 Å². The minimum absolute atomic E-state index is 0.0932. The van der Waals surface area contributed by atoms with Gasteiger partial charge >= 0.3 is 0 Å². The molecule has 174 valence electrons. The molecular formula is C24H27N3O4S2. The Hall–Kier alpha value is -2.59. The Morgan fingerprint density at radius 2 is 1.85 bits per heavy atom. The molecule has 7 nitrogen and oxygen atoms in total. The number of morpholine rings is 1. The predicted molar refractivity (Wildman–Crippen MR) is 129 cm³/mol. The van der Waals surface area contributed by atoms with Crippen LogP contribution in [0.5, 0.6) is 0 Å². The second-order valence-electron chi connectivity index (χ2n) is 8.36. The first-order valence-electron chi connectivity index (χ1n) is 10.8. The highest BCUT2D eigenvalue weighted by Gasteiger charge is 2.32. The third-order valence-corrected chi connectivity index (χ3v) is 8.13. The van der Waals surface area contributed by atoms with E-state index >= 15 is 0 Å². The fourth-order valence-corrected chi connectivity index (χ4v) is 6.28. The quantitative estimate of drug-likeness (QED) is 0.568. The van der Waals surface area contributed by atoms with Crippen LogP contribution in [0.15, 0.2) is 59.6 Å². The number of anilines is 1. The van der Waals surface area contributed by atoms with Crippen molar-refractivity contribution in [1.82, 2.24) is 9.29 Å². The number of ether oxygens (including phenoxy) is 1. The van der Waals surface area contributed by atoms with Gasteiger partial charge in [-0.25, -0.2) is 13.4 Å². The van der Waals surface area contributed by atoms with Crippen LogP contribution in [-0.2, 0) is 21.2 Å². The summed E-state index contributed by atoms with van der Waals surface area (Å²) in [5.41, 5.74) is 2.64. The number of thiazole rings is 1. The van der Waals surface area contributed by atoms with Crippen molar-refractivity contribution in [3.63, 3.8) is 0 Å². The standard InChI is InChI=1S/C24H27N3O4S2/c1-16-7-9-19(10-8-16)11-21-13-25-24(32-21)26-23(28)20-5-4-6-22(12-20)33(29,30)27-14-17(2)31-18(3)15-27/h4-10,12-13,17-18H,11,14-15H2,1-3H3,(H,25,26,28). The minimum atomic E-state index is -3.73. The fraction of sp³-hybridized carbons (Fsp3) is 0.333. The molecule has 2 atom stereocenters. The molecule has 0 spiro atoms. The predicted octanol–water partition coefficient (Wildman–Crippen LogP) is 4.09. The zero-order valence-corrected chi connectivity index (χ0v) is 20.4. The number of hydrogen-bond acceptors (Lipinski definition) is 6. The Labute approximate surface area is 198 Å². The molecule has 2 unspecified atom stereocenters. The highest BCUT2D eigenvalue weighted by molar-refractivity contribution is 7.89. The Kier molecular flexibility index (Phi) is 6.94. The number of carbonyl (C=O) groups is 1. The van der Waals surface area contributed by atoms with Crippen molar-refractivity contribution in [2.45, 2.75) is 44.3 Å². The van der Waals surface area contributed by atoms with Crippen LogP contribution >= 0.6 is 11.3 Å². The van der Waals surface area contributed by atoms with Gasteiger partial charge in [0.2, 0.25) is 10.0 Å². The molecule has 1 aromatic heterocycles. The van der Waals surface area contributed by atoms with E-state index in [1.807, 2.05) is 20.8 Å². The number of aromatic nitrogens is 1. The van der Waals surface area contributed by atoms with Crippen molar-refractivity contribution in [2.24, 2.45) is 0 Å². The first-order chi connectivity index (χ1) is 15.7. The van der Waals surface area contributed by atoms with Crippen LogP contribution in [0.4, 0.5) is 5.13 Å². The van der Waals surface area contributed by atoms with E-state index < -0.39 is 15.9 Å². The summed E-state index contributed by atoms with van der Waals surface area (Å²) in [7, 11) is -3.73. The van der Waals surface area contributed by atoms with Crippen LogP contribution in [0.2, 0.25) is 0 Å². The van der Waals surface area contributed by atoms with Crippen molar-refractivity contribution in [1.29, 1.82) is 0 Å². The van der Waals surface area contributed by atoms with Gasteiger partial charge in [0.25, 0.3) is 5.91 Å². The van der Waals surface area contributed by atoms with Gasteiger partial charge in [0.15, 0.2) is 5.13 Å². The average molecular weight is 486 g/mol. The SMILES string of the molecule is Cc1ccc(Cc2cnc(NC(=O)c3cccc(S(=O)(=O)N4CC(C)OC(C)C4)c3)s2)cc1. The summed E-state index contributed by atoms with van der Waals surface area (Å²) in [5.74, 6) is -0.396. The highest BCUT2D eigenvalue weighted by Crippen LogP contribution is 2.24. The molecule has 0 aliphatic carbocycles. The highest BCUT2D eigenvalue weighted by atomic mass is 32.2. The number of carbonyl (C=O) groups excluding carboxylic acids is 1. The summed E-state index contributed by atoms with van der Waals surface area (Å²) in [6.07, 6.45) is 2.11. The minimum Gasteiger partial charge on any atom is -0.373 e. The summed E-state index contributed by atoms with van der Waals surface area (Å²) in [6, 6.07) is 14.4. The van der Waals surface area contributed by atoms with Crippen LogP contribution in [0.25, 0.3) is 0 Å². The Morgan fingerprint density at radius 3 is 2.55 bits per heavy atom. The lowest BCUT2D eigenvalue weighted by molar-refractivity contribution is -0.0440. The summed E-state index contributed by atoms with van der Waals surface area (Å²) in [5, 5.41) is 3.26. The maximum Gasteiger partial charge on any atom is 0.257 e. The van der Waals surface area contributed by atoms with Crippen molar-refractivity contribution in [2.75, 3.05) is 18.4 Å². The van der Waals surface area contributed by atoms with E-state index in [9.17, 15) is 13.2 Å². The van der Waals surface area contributed by atoms with Crippen LogP contribution in [-0.4, -0.2) is 48.9 Å². The van der Waals surface area contributed by atoms with Crippen molar-refractivity contribution >= 4 is 32.4 Å². The van der Waals surface area contributed by atoms with Crippen LogP contribution in [0, 0.1) is 6.92 Å². The molecule has 2 heterocycles. The molecule has 0 saturated carbocycles. The largest absolute Gasteiger partial charge is 0.373 e. The second-order valence-corrected chi connectivity index (χ2v) is 11.4. The smallest absolute Gasteiger partial charge is 0.257 e. The number of nitrogens with zero attached hydrogens (tertiary/aromatic N) is 2. The van der Waals surface area contributed by atoms with E-state index in [0.717, 1.165) is 11.3 Å². The van der Waals surface area contributed by atoms with Gasteiger partial charge in [0.1, 0.15) is 0 Å². The number of amides is 1. The van der Waals surface area contributed by atoms with Gasteiger partial charge in [-0.1, -0.05) is 35.9 Å². The van der Waals surface area contributed by atoms with Gasteiger partial charge in [-0.15, -0.1) is 11.3 Å². The third kappa shape index (κ3) is 5.67. The Balaban J connectivity index is 1.46. The lowest BCUT2D eigenvalue weighted by atomic mass is 10.1. The lowest BCUT2D eigenvalue weighted by Crippen LogP contribution is -2.48. The van der Waals surface area contributed by atoms with Gasteiger partial charge < -0.3 is 4.74 Å². The molecule has 0 radical (unpaired) electrons. The summed E-state index contributed by atoms with van der Waals surface area (Å²) < 4.78 is 33.3. The monoisotopic (exact) mass is 485 g/mol. The lowest BCUT2D eigenvalue weighted by Gasteiger charge is -2.34. The molecular weight excluding hydrogens is 458 g/mol. The molecule has 2 aromatic carbocycles. The van der Waals surface area contributed by atoms with Crippen molar-refractivity contribution in [3.05, 3.63) is 76.3 Å². The first kappa shape index (κ1) is 23.6.